The van der Waals surface area contributed by atoms with E-state index in [1.165, 1.54) is 0 Å². The number of urea groups is 1. The zero-order valence-corrected chi connectivity index (χ0v) is 4.08. The van der Waals surface area contributed by atoms with Crippen molar-refractivity contribution in [1.82, 2.24) is 0 Å². The molecule has 1 aliphatic heterocycles. The molecule has 0 aromatic rings. The lowest BCUT2D eigenvalue weighted by atomic mass is 10.6. The average molecular weight is 133 g/mol. The number of rotatable bonds is 1. The Kier molecular flexibility index (Phi) is 1.29. The predicted molar refractivity (Wildman–Crippen MR) is 23.7 cm³/mol. The maximum atomic E-state index is 11.5. The molecule has 1 rings (SSSR count). The first-order valence-corrected chi connectivity index (χ1v) is 2.02. The minimum Gasteiger partial charge on any atom is -0.242 e. The molecule has 0 bridgehead atoms. The normalized spacial score (nSPS) is 17.2. The number of aliphatic imine (C=N–C) groups is 1. The molecule has 0 saturated heterocycles. The minimum absolute atomic E-state index is 0.806. The molecule has 0 fully saturated rings. The van der Waals surface area contributed by atoms with Gasteiger partial charge in [-0.2, -0.15) is 4.99 Å². The quantitative estimate of drug-likeness (QED) is 0.530. The molecule has 2 amide bonds. The van der Waals surface area contributed by atoms with Crippen molar-refractivity contribution in [3.05, 3.63) is 0 Å². The maximum absolute atomic E-state index is 11.5. The number of halogens is 2. The highest BCUT2D eigenvalue weighted by Gasteiger charge is 2.18. The molecule has 4 nitrogen and oxygen atoms in total. The van der Waals surface area contributed by atoms with E-state index in [1.807, 2.05) is 0 Å². The highest BCUT2D eigenvalue weighted by Crippen LogP contribution is 2.05. The number of azo groups is 1. The lowest BCUT2D eigenvalue weighted by Gasteiger charge is -1.85. The second-order valence-corrected chi connectivity index (χ2v) is 1.25. The second kappa shape index (κ2) is 1.96. The number of carbonyl (C=O) groups excluding carboxylic acids is 1. The van der Waals surface area contributed by atoms with Crippen LogP contribution in [0.1, 0.15) is 0 Å². The molecular weight excluding hydrogens is 132 g/mol. The van der Waals surface area contributed by atoms with E-state index in [1.54, 1.807) is 0 Å². The standard InChI is InChI=1S/C3HF2N3O/c4-1(5)2-6-3(9)8-7-2/h1H. The first-order chi connectivity index (χ1) is 4.20. The summed E-state index contributed by atoms with van der Waals surface area (Å²) >= 11 is 0. The fourth-order valence-electron chi connectivity index (χ4n) is 0.329. The van der Waals surface area contributed by atoms with E-state index in [9.17, 15) is 13.6 Å². The molecule has 6 heteroatoms. The lowest BCUT2D eigenvalue weighted by Crippen LogP contribution is -2.03. The van der Waals surface area contributed by atoms with Crippen LogP contribution in [0.4, 0.5) is 13.6 Å². The van der Waals surface area contributed by atoms with Crippen LogP contribution in [0.3, 0.4) is 0 Å². The van der Waals surface area contributed by atoms with Crippen molar-refractivity contribution in [3.63, 3.8) is 0 Å². The Morgan fingerprint density at radius 1 is 1.33 bits per heavy atom. The Hall–Kier alpha value is -1.20. The van der Waals surface area contributed by atoms with Gasteiger partial charge in [-0.05, 0) is 0 Å². The van der Waals surface area contributed by atoms with Crippen LogP contribution in [-0.2, 0) is 0 Å². The highest BCUT2D eigenvalue weighted by molar-refractivity contribution is 6.00. The summed E-state index contributed by atoms with van der Waals surface area (Å²) in [7, 11) is 0. The number of amides is 2. The number of hydrogen-bond donors (Lipinski definition) is 0. The minimum atomic E-state index is -2.81. The molecule has 0 aromatic carbocycles. The van der Waals surface area contributed by atoms with Gasteiger partial charge in [-0.25, -0.2) is 13.6 Å². The number of alkyl halides is 2. The lowest BCUT2D eigenvalue weighted by molar-refractivity contribution is 0.224. The van der Waals surface area contributed by atoms with Gasteiger partial charge in [0.1, 0.15) is 0 Å². The second-order valence-electron chi connectivity index (χ2n) is 1.25. The number of hydrogen-bond acceptors (Lipinski definition) is 2. The first-order valence-electron chi connectivity index (χ1n) is 2.02. The topological polar surface area (TPSA) is 54.1 Å². The molecule has 0 unspecified atom stereocenters. The first kappa shape index (κ1) is 5.93. The van der Waals surface area contributed by atoms with Crippen molar-refractivity contribution in [2.24, 2.45) is 15.2 Å². The third-order valence-electron chi connectivity index (χ3n) is 0.643. The van der Waals surface area contributed by atoms with E-state index < -0.39 is 18.3 Å². The zero-order chi connectivity index (χ0) is 6.85. The van der Waals surface area contributed by atoms with Gasteiger partial charge in [0, 0.05) is 0 Å². The predicted octanol–water partition coefficient (Wildman–Crippen LogP) is 1.24. The van der Waals surface area contributed by atoms with Crippen LogP contribution in [0.15, 0.2) is 15.2 Å². The third-order valence-corrected chi connectivity index (χ3v) is 0.643. The van der Waals surface area contributed by atoms with Crippen LogP contribution >= 0.6 is 0 Å². The summed E-state index contributed by atoms with van der Waals surface area (Å²) in [6, 6.07) is -0.967. The van der Waals surface area contributed by atoms with Gasteiger partial charge < -0.3 is 0 Å². The van der Waals surface area contributed by atoms with Crippen molar-refractivity contribution in [2.75, 3.05) is 0 Å². The Balaban J connectivity index is 2.75. The molecule has 0 aromatic heterocycles. The molecule has 0 spiro atoms. The van der Waals surface area contributed by atoms with E-state index >= 15 is 0 Å². The SMILES string of the molecule is O=C1N=NC(C(F)F)=N1. The monoisotopic (exact) mass is 133 g/mol. The van der Waals surface area contributed by atoms with Gasteiger partial charge in [-0.3, -0.25) is 0 Å². The molecule has 48 valence electrons. The van der Waals surface area contributed by atoms with E-state index in [-0.39, 0.29) is 0 Å². The van der Waals surface area contributed by atoms with Gasteiger partial charge in [0.2, 0.25) is 5.84 Å². The Morgan fingerprint density at radius 3 is 2.22 bits per heavy atom. The van der Waals surface area contributed by atoms with Crippen molar-refractivity contribution in [2.45, 2.75) is 6.43 Å². The van der Waals surface area contributed by atoms with E-state index in [2.05, 4.69) is 15.2 Å². The summed E-state index contributed by atoms with van der Waals surface area (Å²) < 4.78 is 23.0. The molecule has 0 aliphatic carbocycles. The summed E-state index contributed by atoms with van der Waals surface area (Å²) in [5, 5.41) is 5.53. The van der Waals surface area contributed by atoms with Crippen LogP contribution in [0, 0.1) is 0 Å². The average Bonchev–Trinajstić information content (AvgIpc) is 2.14. The van der Waals surface area contributed by atoms with Crippen molar-refractivity contribution >= 4 is 11.9 Å². The van der Waals surface area contributed by atoms with Gasteiger partial charge in [0.15, 0.2) is 0 Å². The number of nitrogens with zero attached hydrogens (tertiary/aromatic N) is 3. The van der Waals surface area contributed by atoms with Gasteiger partial charge in [0.05, 0.1) is 0 Å². The summed E-state index contributed by atoms with van der Waals surface area (Å²) in [5.74, 6) is -0.806. The molecular formula is C3HF2N3O. The van der Waals surface area contributed by atoms with Crippen molar-refractivity contribution in [1.29, 1.82) is 0 Å². The summed E-state index contributed by atoms with van der Waals surface area (Å²) in [6.45, 7) is 0. The fourth-order valence-corrected chi connectivity index (χ4v) is 0.329. The largest absolute Gasteiger partial charge is 0.387 e. The van der Waals surface area contributed by atoms with Crippen LogP contribution in [0.25, 0.3) is 0 Å². The number of amidine groups is 1. The van der Waals surface area contributed by atoms with Crippen LogP contribution < -0.4 is 0 Å². The van der Waals surface area contributed by atoms with Gasteiger partial charge >= 0.3 is 6.03 Å². The smallest absolute Gasteiger partial charge is 0.242 e. The maximum Gasteiger partial charge on any atom is 0.387 e. The number of carbonyl (C=O) groups is 1. The highest BCUT2D eigenvalue weighted by atomic mass is 19.3. The van der Waals surface area contributed by atoms with Crippen LogP contribution in [0.2, 0.25) is 0 Å². The van der Waals surface area contributed by atoms with E-state index in [4.69, 9.17) is 0 Å². The van der Waals surface area contributed by atoms with Gasteiger partial charge in [-0.1, -0.05) is 5.11 Å². The van der Waals surface area contributed by atoms with Crippen LogP contribution in [-0.4, -0.2) is 18.3 Å². The Morgan fingerprint density at radius 2 is 2.00 bits per heavy atom. The Bertz CT molecular complexity index is 197. The summed E-state index contributed by atoms with van der Waals surface area (Å²) in [5.41, 5.74) is 0. The van der Waals surface area contributed by atoms with Gasteiger partial charge in [-0.15, -0.1) is 5.11 Å². The van der Waals surface area contributed by atoms with Crippen molar-refractivity contribution < 1.29 is 13.6 Å². The Labute approximate surface area is 48.3 Å². The molecule has 9 heavy (non-hydrogen) atoms. The molecule has 0 saturated carbocycles. The van der Waals surface area contributed by atoms with Crippen LogP contribution in [0.5, 0.6) is 0 Å². The van der Waals surface area contributed by atoms with Crippen molar-refractivity contribution in [3.8, 4) is 0 Å². The van der Waals surface area contributed by atoms with Gasteiger partial charge in [0.25, 0.3) is 6.43 Å². The molecule has 0 radical (unpaired) electrons. The van der Waals surface area contributed by atoms with E-state index in [0.717, 1.165) is 0 Å². The summed E-state index contributed by atoms with van der Waals surface area (Å²) in [6.07, 6.45) is -2.81. The molecule has 1 heterocycles. The van der Waals surface area contributed by atoms with E-state index in [0.29, 0.717) is 0 Å². The molecule has 0 N–H and O–H groups in total. The zero-order valence-electron chi connectivity index (χ0n) is 4.08. The summed E-state index contributed by atoms with van der Waals surface area (Å²) in [4.78, 5) is 12.8. The fraction of sp³-hybridized carbons (Fsp3) is 0.333. The molecule has 1 aliphatic rings. The molecule has 0 atom stereocenters. The third kappa shape index (κ3) is 1.13.